The molecule has 1 amide bonds. The Morgan fingerprint density at radius 1 is 1.14 bits per heavy atom. The summed E-state index contributed by atoms with van der Waals surface area (Å²) >= 11 is 4.51. The summed E-state index contributed by atoms with van der Waals surface area (Å²) in [6.07, 6.45) is -12.3. The lowest BCUT2D eigenvalue weighted by Crippen LogP contribution is -2.99. The largest absolute Gasteiger partial charge is 0.595 e. The van der Waals surface area contributed by atoms with Gasteiger partial charge in [-0.2, -0.15) is 31.6 Å². The topological polar surface area (TPSA) is 76.8 Å². The third-order valence-corrected chi connectivity index (χ3v) is 3.10. The molecule has 0 aliphatic rings. The first-order chi connectivity index (χ1) is 9.82. The fourth-order valence-electron chi connectivity index (χ4n) is 1.41. The molecule has 1 rings (SSSR count). The molecule has 0 heterocycles. The van der Waals surface area contributed by atoms with Crippen molar-refractivity contribution in [2.24, 2.45) is 0 Å². The van der Waals surface area contributed by atoms with Crippen LogP contribution in [0.15, 0.2) is 24.3 Å². The number of alkyl halides is 7. The van der Waals surface area contributed by atoms with Gasteiger partial charge in [-0.05, 0) is 6.07 Å². The van der Waals surface area contributed by atoms with Gasteiger partial charge in [0.1, 0.15) is 5.69 Å². The number of para-hydroxylation sites is 2. The van der Waals surface area contributed by atoms with Gasteiger partial charge in [0.15, 0.2) is 5.69 Å². The van der Waals surface area contributed by atoms with E-state index in [2.05, 4.69) is 11.6 Å². The van der Waals surface area contributed by atoms with Gasteiger partial charge in [0.25, 0.3) is 5.91 Å². The molecule has 0 saturated heterocycles. The predicted molar refractivity (Wildman–Crippen MR) is 61.5 cm³/mol. The van der Waals surface area contributed by atoms with Crippen LogP contribution in [0.25, 0.3) is 0 Å². The van der Waals surface area contributed by atoms with Gasteiger partial charge in [-0.25, -0.2) is 5.21 Å². The highest BCUT2D eigenvalue weighted by Gasteiger charge is 2.75. The van der Waals surface area contributed by atoms with Gasteiger partial charge >= 0.3 is 17.2 Å². The molecule has 1 atom stereocenters. The monoisotopic (exact) mass is 352 g/mol. The number of rotatable bonds is 3. The number of anilines is 1. The Kier molecular flexibility index (Phi) is 4.97. The number of carbonyl (C=O) groups excluding carboxylic acids is 1. The van der Waals surface area contributed by atoms with Gasteiger partial charge in [0.2, 0.25) is 0 Å². The standard InChI is InChI=1S/C10H7ClF6N2O3/c11-8(9(12,13)14,10(15,16)17)7(20)18-5-3-1-2-4-6(5)19(21)22/h1-4,19,21H,(H,18,20). The molecular formula is C10H7ClF6N2O3. The molecule has 124 valence electrons. The Bertz CT molecular complexity index is 546. The van der Waals surface area contributed by atoms with Crippen molar-refractivity contribution in [1.82, 2.24) is 0 Å². The van der Waals surface area contributed by atoms with E-state index in [0.717, 1.165) is 18.2 Å². The van der Waals surface area contributed by atoms with Crippen LogP contribution in [0.1, 0.15) is 0 Å². The minimum atomic E-state index is -6.14. The van der Waals surface area contributed by atoms with Gasteiger partial charge in [-0.15, -0.1) is 0 Å². The number of amides is 1. The van der Waals surface area contributed by atoms with Crippen molar-refractivity contribution >= 4 is 28.9 Å². The quantitative estimate of drug-likeness (QED) is 0.443. The van der Waals surface area contributed by atoms with Crippen LogP contribution >= 0.6 is 11.6 Å². The molecule has 0 fully saturated rings. The van der Waals surface area contributed by atoms with Crippen LogP contribution in [0.2, 0.25) is 0 Å². The van der Waals surface area contributed by atoms with Gasteiger partial charge in [0.05, 0.1) is 0 Å². The van der Waals surface area contributed by atoms with Gasteiger partial charge < -0.3 is 10.5 Å². The van der Waals surface area contributed by atoms with Gasteiger partial charge in [0, 0.05) is 6.07 Å². The molecule has 12 heteroatoms. The van der Waals surface area contributed by atoms with Crippen molar-refractivity contribution in [3.8, 4) is 0 Å². The summed E-state index contributed by atoms with van der Waals surface area (Å²) in [6, 6.07) is 3.99. The van der Waals surface area contributed by atoms with Gasteiger partial charge in [-0.1, -0.05) is 23.7 Å². The summed E-state index contributed by atoms with van der Waals surface area (Å²) in [5.41, 5.74) is -1.45. The molecule has 0 aliphatic carbocycles. The fraction of sp³-hybridized carbons (Fsp3) is 0.300. The van der Waals surface area contributed by atoms with Crippen LogP contribution in [0.3, 0.4) is 0 Å². The number of hydrogen-bond acceptors (Lipinski definition) is 3. The number of quaternary nitrogens is 1. The van der Waals surface area contributed by atoms with E-state index in [4.69, 9.17) is 5.21 Å². The Labute approximate surface area is 123 Å². The Morgan fingerprint density at radius 3 is 2.00 bits per heavy atom. The summed E-state index contributed by atoms with van der Waals surface area (Å²) in [5, 5.41) is 19.2. The zero-order chi connectivity index (χ0) is 17.3. The lowest BCUT2D eigenvalue weighted by molar-refractivity contribution is -0.990. The van der Waals surface area contributed by atoms with E-state index < -0.39 is 39.7 Å². The molecule has 5 nitrogen and oxygen atoms in total. The average Bonchev–Trinajstić information content (AvgIpc) is 2.35. The first kappa shape index (κ1) is 18.5. The number of nitrogens with one attached hydrogen (secondary N) is 2. The van der Waals surface area contributed by atoms with Crippen molar-refractivity contribution in [3.63, 3.8) is 0 Å². The molecule has 0 radical (unpaired) electrons. The molecule has 22 heavy (non-hydrogen) atoms. The molecule has 1 unspecified atom stereocenters. The van der Waals surface area contributed by atoms with Crippen molar-refractivity contribution < 1.29 is 41.6 Å². The second-order valence-electron chi connectivity index (χ2n) is 3.96. The summed E-state index contributed by atoms with van der Waals surface area (Å²) in [5.74, 6) is -2.65. The second kappa shape index (κ2) is 5.91. The number of carbonyl (C=O) groups is 1. The highest BCUT2D eigenvalue weighted by Crippen LogP contribution is 2.48. The SMILES string of the molecule is O=C(Nc1ccccc1[NH+]([O-])O)C(Cl)(C(F)(F)F)C(F)(F)F. The number of benzene rings is 1. The zero-order valence-electron chi connectivity index (χ0n) is 10.2. The smallest absolute Gasteiger partial charge is 0.425 e. The molecule has 0 aliphatic heterocycles. The van der Waals surface area contributed by atoms with E-state index in [1.807, 2.05) is 0 Å². The first-order valence-corrected chi connectivity index (χ1v) is 5.66. The van der Waals surface area contributed by atoms with Crippen molar-refractivity contribution in [2.45, 2.75) is 17.2 Å². The second-order valence-corrected chi connectivity index (χ2v) is 4.53. The molecule has 3 N–H and O–H groups in total. The fourth-order valence-corrected chi connectivity index (χ4v) is 1.45. The van der Waals surface area contributed by atoms with E-state index >= 15 is 0 Å². The molecule has 0 saturated carbocycles. The van der Waals surface area contributed by atoms with Crippen LogP contribution in [0.4, 0.5) is 37.7 Å². The maximum atomic E-state index is 12.6. The van der Waals surface area contributed by atoms with Crippen molar-refractivity contribution in [3.05, 3.63) is 29.5 Å². The maximum Gasteiger partial charge on any atom is 0.425 e. The molecular weight excluding hydrogens is 346 g/mol. The van der Waals surface area contributed by atoms with Gasteiger partial charge in [-0.3, -0.25) is 4.79 Å². The van der Waals surface area contributed by atoms with Crippen LogP contribution in [0, 0.1) is 5.21 Å². The summed E-state index contributed by atoms with van der Waals surface area (Å²) in [7, 11) is 0. The molecule has 0 aromatic heterocycles. The lowest BCUT2D eigenvalue weighted by Gasteiger charge is -2.30. The summed E-state index contributed by atoms with van der Waals surface area (Å²) < 4.78 is 75.5. The third-order valence-electron chi connectivity index (χ3n) is 2.50. The minimum absolute atomic E-state index is 0.695. The lowest BCUT2D eigenvalue weighted by atomic mass is 10.1. The Hall–Kier alpha value is -1.56. The van der Waals surface area contributed by atoms with E-state index in [1.165, 1.54) is 11.4 Å². The van der Waals surface area contributed by atoms with E-state index in [1.54, 1.807) is 0 Å². The van der Waals surface area contributed by atoms with Crippen LogP contribution in [-0.4, -0.2) is 28.3 Å². The number of halogens is 7. The Balaban J connectivity index is 3.25. The van der Waals surface area contributed by atoms with Crippen molar-refractivity contribution in [2.75, 3.05) is 5.32 Å². The van der Waals surface area contributed by atoms with Crippen LogP contribution in [-0.2, 0) is 4.79 Å². The number of hydrogen-bond donors (Lipinski definition) is 3. The minimum Gasteiger partial charge on any atom is -0.595 e. The molecule has 1 aromatic rings. The van der Waals surface area contributed by atoms with Crippen LogP contribution < -0.4 is 10.5 Å². The normalized spacial score (nSPS) is 14.6. The Morgan fingerprint density at radius 2 is 1.59 bits per heavy atom. The highest BCUT2D eigenvalue weighted by molar-refractivity contribution is 6.38. The zero-order valence-corrected chi connectivity index (χ0v) is 11.0. The molecule has 0 spiro atoms. The highest BCUT2D eigenvalue weighted by atomic mass is 35.5. The van der Waals surface area contributed by atoms with Crippen molar-refractivity contribution in [1.29, 1.82) is 0 Å². The first-order valence-electron chi connectivity index (χ1n) is 5.28. The van der Waals surface area contributed by atoms with E-state index in [-0.39, 0.29) is 0 Å². The average molecular weight is 353 g/mol. The predicted octanol–water partition coefficient (Wildman–Crippen LogP) is 2.13. The third kappa shape index (κ3) is 3.27. The molecule has 1 aromatic carbocycles. The summed E-state index contributed by atoms with van der Waals surface area (Å²) in [4.78, 5) is 6.22. The van der Waals surface area contributed by atoms with E-state index in [9.17, 15) is 36.3 Å². The van der Waals surface area contributed by atoms with E-state index in [0.29, 0.717) is 0 Å². The summed E-state index contributed by atoms with van der Waals surface area (Å²) in [6.45, 7) is 0. The maximum absolute atomic E-state index is 12.6. The molecule has 0 bridgehead atoms. The van der Waals surface area contributed by atoms with Crippen LogP contribution in [0.5, 0.6) is 0 Å².